The second kappa shape index (κ2) is 7.45. The molecule has 0 amide bonds. The summed E-state index contributed by atoms with van der Waals surface area (Å²) in [6.07, 6.45) is -3.53. The summed E-state index contributed by atoms with van der Waals surface area (Å²) in [7, 11) is 0. The Bertz CT molecular complexity index is 362. The van der Waals surface area contributed by atoms with E-state index >= 15 is 0 Å². The van der Waals surface area contributed by atoms with E-state index in [1.54, 1.807) is 12.1 Å². The smallest absolute Gasteiger partial charge is 0.396 e. The fourth-order valence-electron chi connectivity index (χ4n) is 1.65. The molecular weight excluding hydrogens is 264 g/mol. The minimum absolute atomic E-state index is 0.0636. The van der Waals surface area contributed by atoms with E-state index in [-0.39, 0.29) is 24.9 Å². The van der Waals surface area contributed by atoms with Gasteiger partial charge in [0.05, 0.1) is 0 Å². The maximum absolute atomic E-state index is 12.7. The summed E-state index contributed by atoms with van der Waals surface area (Å²) < 4.78 is 52.7. The van der Waals surface area contributed by atoms with Crippen molar-refractivity contribution in [1.29, 1.82) is 0 Å². The predicted octanol–water partition coefficient (Wildman–Crippen LogP) is 2.95. The van der Waals surface area contributed by atoms with Gasteiger partial charge < -0.3 is 9.84 Å². The Kier molecular flexibility index (Phi) is 6.24. The van der Waals surface area contributed by atoms with Crippen molar-refractivity contribution in [1.82, 2.24) is 0 Å². The van der Waals surface area contributed by atoms with E-state index in [0.717, 1.165) is 5.56 Å². The monoisotopic (exact) mass is 280 g/mol. The highest BCUT2D eigenvalue weighted by Gasteiger charge is 2.27. The molecule has 0 bridgehead atoms. The Morgan fingerprint density at radius 2 is 1.79 bits per heavy atom. The topological polar surface area (TPSA) is 29.5 Å². The summed E-state index contributed by atoms with van der Waals surface area (Å²) >= 11 is 0. The van der Waals surface area contributed by atoms with Gasteiger partial charge in [-0.25, -0.2) is 4.39 Å². The van der Waals surface area contributed by atoms with Crippen LogP contribution in [-0.2, 0) is 11.2 Å². The van der Waals surface area contributed by atoms with Gasteiger partial charge in [0.15, 0.2) is 0 Å². The van der Waals surface area contributed by atoms with E-state index in [9.17, 15) is 17.6 Å². The minimum atomic E-state index is -4.33. The van der Waals surface area contributed by atoms with Gasteiger partial charge in [-0.1, -0.05) is 12.1 Å². The Labute approximate surface area is 109 Å². The number of halogens is 4. The van der Waals surface area contributed by atoms with E-state index < -0.39 is 12.8 Å². The number of hydrogen-bond donors (Lipinski definition) is 1. The van der Waals surface area contributed by atoms with Crippen molar-refractivity contribution in [3.8, 4) is 0 Å². The lowest BCUT2D eigenvalue weighted by atomic mass is 9.97. The molecule has 0 aliphatic heterocycles. The van der Waals surface area contributed by atoms with Crippen LogP contribution in [0.15, 0.2) is 24.3 Å². The van der Waals surface area contributed by atoms with E-state index in [1.807, 2.05) is 0 Å². The predicted molar refractivity (Wildman–Crippen MR) is 62.2 cm³/mol. The molecule has 1 aromatic carbocycles. The molecule has 1 rings (SSSR count). The zero-order valence-corrected chi connectivity index (χ0v) is 10.3. The van der Waals surface area contributed by atoms with Crippen LogP contribution in [0.5, 0.6) is 0 Å². The molecule has 0 heterocycles. The number of aliphatic hydroxyl groups excluding tert-OH is 1. The Hall–Kier alpha value is -1.14. The number of ether oxygens (including phenoxy) is 1. The Morgan fingerprint density at radius 1 is 1.16 bits per heavy atom. The third kappa shape index (κ3) is 7.12. The van der Waals surface area contributed by atoms with Crippen molar-refractivity contribution >= 4 is 0 Å². The third-order valence-corrected chi connectivity index (χ3v) is 2.63. The molecule has 0 fully saturated rings. The van der Waals surface area contributed by atoms with Crippen LogP contribution >= 0.6 is 0 Å². The maximum Gasteiger partial charge on any atom is 0.411 e. The summed E-state index contributed by atoms with van der Waals surface area (Å²) in [5.74, 6) is -0.545. The van der Waals surface area contributed by atoms with Crippen LogP contribution in [0, 0.1) is 11.7 Å². The molecule has 0 spiro atoms. The number of aliphatic hydroxyl groups is 1. The van der Waals surface area contributed by atoms with Gasteiger partial charge in [0, 0.05) is 13.2 Å². The average molecular weight is 280 g/mol. The van der Waals surface area contributed by atoms with Gasteiger partial charge in [-0.3, -0.25) is 0 Å². The second-order valence-electron chi connectivity index (χ2n) is 4.34. The molecule has 0 aliphatic carbocycles. The molecule has 1 aromatic rings. The SMILES string of the molecule is OCC(CCOCC(F)(F)F)Cc1ccc(F)cc1. The number of benzene rings is 1. The Morgan fingerprint density at radius 3 is 2.32 bits per heavy atom. The van der Waals surface area contributed by atoms with Gasteiger partial charge in [0.2, 0.25) is 0 Å². The maximum atomic E-state index is 12.7. The fourth-order valence-corrected chi connectivity index (χ4v) is 1.65. The van der Waals surface area contributed by atoms with Gasteiger partial charge in [0.25, 0.3) is 0 Å². The van der Waals surface area contributed by atoms with E-state index in [2.05, 4.69) is 4.74 Å². The minimum Gasteiger partial charge on any atom is -0.396 e. The summed E-state index contributed by atoms with van der Waals surface area (Å²) in [6.45, 7) is -1.49. The van der Waals surface area contributed by atoms with Gasteiger partial charge in [0.1, 0.15) is 12.4 Å². The lowest BCUT2D eigenvalue weighted by Crippen LogP contribution is -2.19. The lowest BCUT2D eigenvalue weighted by molar-refractivity contribution is -0.174. The first-order chi connectivity index (χ1) is 8.90. The zero-order chi connectivity index (χ0) is 14.3. The first-order valence-electron chi connectivity index (χ1n) is 5.90. The first-order valence-corrected chi connectivity index (χ1v) is 5.90. The van der Waals surface area contributed by atoms with Crippen LogP contribution in [0.1, 0.15) is 12.0 Å². The molecule has 0 saturated carbocycles. The van der Waals surface area contributed by atoms with Crippen LogP contribution in [0.3, 0.4) is 0 Å². The second-order valence-corrected chi connectivity index (χ2v) is 4.34. The van der Waals surface area contributed by atoms with Gasteiger partial charge >= 0.3 is 6.18 Å². The van der Waals surface area contributed by atoms with Crippen molar-refractivity contribution < 1.29 is 27.4 Å². The summed E-state index contributed by atoms with van der Waals surface area (Å²) in [4.78, 5) is 0. The standard InChI is InChI=1S/C13H16F4O2/c14-12-3-1-10(2-4-12)7-11(8-18)5-6-19-9-13(15,16)17/h1-4,11,18H,5-9H2. The lowest BCUT2D eigenvalue weighted by Gasteiger charge is -2.15. The molecule has 6 heteroatoms. The Balaban J connectivity index is 2.31. The fraction of sp³-hybridized carbons (Fsp3) is 0.538. The molecule has 108 valence electrons. The average Bonchev–Trinajstić information content (AvgIpc) is 2.34. The summed E-state index contributed by atoms with van der Waals surface area (Å²) in [6, 6.07) is 5.80. The molecule has 1 N–H and O–H groups in total. The zero-order valence-electron chi connectivity index (χ0n) is 10.3. The number of hydrogen-bond acceptors (Lipinski definition) is 2. The molecule has 0 radical (unpaired) electrons. The van der Waals surface area contributed by atoms with Crippen molar-refractivity contribution in [2.75, 3.05) is 19.8 Å². The number of alkyl halides is 3. The molecule has 0 saturated heterocycles. The first kappa shape index (κ1) is 15.9. The van der Waals surface area contributed by atoms with Crippen molar-refractivity contribution in [2.24, 2.45) is 5.92 Å². The highest BCUT2D eigenvalue weighted by molar-refractivity contribution is 5.16. The molecule has 1 atom stereocenters. The third-order valence-electron chi connectivity index (χ3n) is 2.63. The highest BCUT2D eigenvalue weighted by Crippen LogP contribution is 2.16. The summed E-state index contributed by atoms with van der Waals surface area (Å²) in [5, 5.41) is 9.15. The molecule has 2 nitrogen and oxygen atoms in total. The normalized spacial score (nSPS) is 13.5. The van der Waals surface area contributed by atoms with Crippen LogP contribution < -0.4 is 0 Å². The number of rotatable bonds is 7. The largest absolute Gasteiger partial charge is 0.411 e. The van der Waals surface area contributed by atoms with E-state index in [4.69, 9.17) is 5.11 Å². The quantitative estimate of drug-likeness (QED) is 0.614. The molecule has 1 unspecified atom stereocenters. The molecular formula is C13H16F4O2. The van der Waals surface area contributed by atoms with Gasteiger partial charge in [-0.2, -0.15) is 13.2 Å². The van der Waals surface area contributed by atoms with E-state index in [1.165, 1.54) is 12.1 Å². The van der Waals surface area contributed by atoms with Gasteiger partial charge in [-0.15, -0.1) is 0 Å². The van der Waals surface area contributed by atoms with E-state index in [0.29, 0.717) is 12.8 Å². The van der Waals surface area contributed by atoms with Crippen molar-refractivity contribution in [3.05, 3.63) is 35.6 Å². The van der Waals surface area contributed by atoms with Crippen LogP contribution in [0.2, 0.25) is 0 Å². The highest BCUT2D eigenvalue weighted by atomic mass is 19.4. The van der Waals surface area contributed by atoms with Crippen molar-refractivity contribution in [2.45, 2.75) is 19.0 Å². The van der Waals surface area contributed by atoms with Crippen LogP contribution in [0.4, 0.5) is 17.6 Å². The molecule has 19 heavy (non-hydrogen) atoms. The van der Waals surface area contributed by atoms with Crippen LogP contribution in [-0.4, -0.2) is 31.1 Å². The molecule has 0 aromatic heterocycles. The summed E-state index contributed by atoms with van der Waals surface area (Å²) in [5.41, 5.74) is 0.830. The van der Waals surface area contributed by atoms with Crippen molar-refractivity contribution in [3.63, 3.8) is 0 Å². The van der Waals surface area contributed by atoms with Gasteiger partial charge in [-0.05, 0) is 36.5 Å². The molecule has 0 aliphatic rings. The van der Waals surface area contributed by atoms with Crippen LogP contribution in [0.25, 0.3) is 0 Å².